The van der Waals surface area contributed by atoms with Gasteiger partial charge in [0.2, 0.25) is 5.91 Å². The quantitative estimate of drug-likeness (QED) is 0.423. The molecule has 5 heteroatoms. The van der Waals surface area contributed by atoms with Gasteiger partial charge in [-0.25, -0.2) is 4.79 Å². The molecule has 0 radical (unpaired) electrons. The van der Waals surface area contributed by atoms with Crippen molar-refractivity contribution in [3.8, 4) is 0 Å². The molecule has 0 aromatic rings. The number of thioether (sulfide) groups is 1. The molecule has 0 aromatic heterocycles. The van der Waals surface area contributed by atoms with Crippen molar-refractivity contribution in [1.82, 2.24) is 10.2 Å². The molecule has 15 heavy (non-hydrogen) atoms. The molecule has 84 valence electrons. The normalized spacial score (nSPS) is 15.7. The largest absolute Gasteiger partial charge is 0.329 e. The fourth-order valence-electron chi connectivity index (χ4n) is 1.25. The maximum atomic E-state index is 11.2. The predicted molar refractivity (Wildman–Crippen MR) is 61.9 cm³/mol. The second-order valence-electron chi connectivity index (χ2n) is 3.57. The van der Waals surface area contributed by atoms with E-state index >= 15 is 0 Å². The highest BCUT2D eigenvalue weighted by Gasteiger charge is 2.27. The topological polar surface area (TPSA) is 49.4 Å². The number of hydrogen-bond acceptors (Lipinski definition) is 3. The summed E-state index contributed by atoms with van der Waals surface area (Å²) in [4.78, 5) is 23.6. The molecule has 0 saturated carbocycles. The molecule has 0 atom stereocenters. The van der Waals surface area contributed by atoms with Crippen LogP contribution in [0.2, 0.25) is 0 Å². The lowest BCUT2D eigenvalue weighted by Gasteiger charge is -2.11. The summed E-state index contributed by atoms with van der Waals surface area (Å²) in [6.45, 7) is 6.47. The molecule has 0 spiro atoms. The van der Waals surface area contributed by atoms with Crippen molar-refractivity contribution < 1.29 is 9.59 Å². The minimum atomic E-state index is -0.259. The van der Waals surface area contributed by atoms with Gasteiger partial charge in [-0.2, -0.15) is 11.8 Å². The van der Waals surface area contributed by atoms with Gasteiger partial charge in [0.05, 0.1) is 6.54 Å². The first kappa shape index (κ1) is 12.1. The molecule has 1 aliphatic heterocycles. The van der Waals surface area contributed by atoms with E-state index in [-0.39, 0.29) is 18.5 Å². The van der Waals surface area contributed by atoms with Crippen LogP contribution in [0.25, 0.3) is 0 Å². The van der Waals surface area contributed by atoms with Gasteiger partial charge in [-0.1, -0.05) is 12.2 Å². The third-order valence-electron chi connectivity index (χ3n) is 1.96. The summed E-state index contributed by atoms with van der Waals surface area (Å²) in [6.07, 6.45) is 0.844. The van der Waals surface area contributed by atoms with Gasteiger partial charge in [0.15, 0.2) is 0 Å². The van der Waals surface area contributed by atoms with Crippen LogP contribution in [0.5, 0.6) is 0 Å². The minimum Gasteiger partial charge on any atom is -0.329 e. The Hall–Kier alpha value is -0.970. The standard InChI is InChI=1S/C10H16N2O2S/c1-8(2)7-15-5-3-4-12-9(13)6-11-10(12)14/h1,3-7H2,2H3,(H,11,14). The summed E-state index contributed by atoms with van der Waals surface area (Å²) in [6, 6.07) is -0.259. The van der Waals surface area contributed by atoms with Gasteiger partial charge in [0, 0.05) is 12.3 Å². The number of urea groups is 1. The molecule has 1 rings (SSSR count). The SMILES string of the molecule is C=C(C)CSCCCN1C(=O)CNC1=O. The summed E-state index contributed by atoms with van der Waals surface area (Å²) in [5, 5.41) is 2.50. The monoisotopic (exact) mass is 228 g/mol. The van der Waals surface area contributed by atoms with Crippen LogP contribution in [-0.4, -0.2) is 41.4 Å². The Bertz CT molecular complexity index is 263. The lowest BCUT2D eigenvalue weighted by molar-refractivity contribution is -0.124. The van der Waals surface area contributed by atoms with Crippen LogP contribution < -0.4 is 5.32 Å². The second kappa shape index (κ2) is 5.80. The van der Waals surface area contributed by atoms with Crippen LogP contribution >= 0.6 is 11.8 Å². The first-order chi connectivity index (χ1) is 7.11. The van der Waals surface area contributed by atoms with Crippen LogP contribution in [0.15, 0.2) is 12.2 Å². The Kier molecular flexibility index (Phi) is 4.68. The van der Waals surface area contributed by atoms with Crippen LogP contribution in [0.1, 0.15) is 13.3 Å². The minimum absolute atomic E-state index is 0.120. The molecular formula is C10H16N2O2S. The van der Waals surface area contributed by atoms with Crippen LogP contribution in [0.4, 0.5) is 4.79 Å². The average molecular weight is 228 g/mol. The number of nitrogens with one attached hydrogen (secondary N) is 1. The zero-order valence-electron chi connectivity index (χ0n) is 8.91. The molecule has 1 heterocycles. The number of amides is 3. The van der Waals surface area contributed by atoms with E-state index in [1.807, 2.05) is 6.92 Å². The van der Waals surface area contributed by atoms with Crippen molar-refractivity contribution in [3.05, 3.63) is 12.2 Å². The third kappa shape index (κ3) is 3.95. The molecule has 4 nitrogen and oxygen atoms in total. The van der Waals surface area contributed by atoms with Crippen molar-refractivity contribution >= 4 is 23.7 Å². The van der Waals surface area contributed by atoms with Crippen LogP contribution in [-0.2, 0) is 4.79 Å². The lowest BCUT2D eigenvalue weighted by atomic mass is 10.4. The fraction of sp³-hybridized carbons (Fsp3) is 0.600. The lowest BCUT2D eigenvalue weighted by Crippen LogP contribution is -2.32. The van der Waals surface area contributed by atoms with Gasteiger partial charge in [0.1, 0.15) is 0 Å². The van der Waals surface area contributed by atoms with E-state index < -0.39 is 0 Å². The maximum Gasteiger partial charge on any atom is 0.324 e. The Balaban J connectivity index is 2.12. The molecule has 0 unspecified atom stereocenters. The molecular weight excluding hydrogens is 212 g/mol. The van der Waals surface area contributed by atoms with Crippen molar-refractivity contribution in [2.75, 3.05) is 24.6 Å². The van der Waals surface area contributed by atoms with Crippen molar-refractivity contribution in [3.63, 3.8) is 0 Å². The molecule has 1 aliphatic rings. The van der Waals surface area contributed by atoms with Gasteiger partial charge in [-0.05, 0) is 19.1 Å². The zero-order valence-corrected chi connectivity index (χ0v) is 9.73. The van der Waals surface area contributed by atoms with Gasteiger partial charge in [-0.3, -0.25) is 9.69 Å². The number of carbonyl (C=O) groups excluding carboxylic acids is 2. The van der Waals surface area contributed by atoms with E-state index in [4.69, 9.17) is 0 Å². The summed E-state index contributed by atoms with van der Waals surface area (Å²) in [7, 11) is 0. The molecule has 3 amide bonds. The first-order valence-electron chi connectivity index (χ1n) is 4.91. The molecule has 1 N–H and O–H groups in total. The Labute approximate surface area is 94.1 Å². The van der Waals surface area contributed by atoms with E-state index in [0.29, 0.717) is 6.54 Å². The maximum absolute atomic E-state index is 11.2. The van der Waals surface area contributed by atoms with Gasteiger partial charge >= 0.3 is 6.03 Å². The van der Waals surface area contributed by atoms with Crippen LogP contribution in [0.3, 0.4) is 0 Å². The number of rotatable bonds is 6. The highest BCUT2D eigenvalue weighted by molar-refractivity contribution is 7.99. The number of carbonyl (C=O) groups is 2. The Morgan fingerprint density at radius 2 is 2.33 bits per heavy atom. The number of nitrogens with zero attached hydrogens (tertiary/aromatic N) is 1. The van der Waals surface area contributed by atoms with E-state index in [9.17, 15) is 9.59 Å². The van der Waals surface area contributed by atoms with Crippen molar-refractivity contribution in [2.24, 2.45) is 0 Å². The van der Waals surface area contributed by atoms with Crippen molar-refractivity contribution in [2.45, 2.75) is 13.3 Å². The molecule has 1 saturated heterocycles. The number of hydrogen-bond donors (Lipinski definition) is 1. The summed E-state index contributed by atoms with van der Waals surface area (Å²) < 4.78 is 0. The van der Waals surface area contributed by atoms with E-state index in [1.165, 1.54) is 4.90 Å². The zero-order chi connectivity index (χ0) is 11.3. The molecule has 1 fully saturated rings. The smallest absolute Gasteiger partial charge is 0.324 e. The van der Waals surface area contributed by atoms with Crippen LogP contribution in [0, 0.1) is 0 Å². The van der Waals surface area contributed by atoms with Gasteiger partial charge < -0.3 is 5.32 Å². The molecule has 0 aliphatic carbocycles. The van der Waals surface area contributed by atoms with E-state index in [0.717, 1.165) is 23.5 Å². The second-order valence-corrected chi connectivity index (χ2v) is 4.67. The van der Waals surface area contributed by atoms with E-state index in [1.54, 1.807) is 11.8 Å². The Morgan fingerprint density at radius 3 is 2.87 bits per heavy atom. The third-order valence-corrected chi connectivity index (χ3v) is 3.23. The summed E-state index contributed by atoms with van der Waals surface area (Å²) >= 11 is 1.78. The average Bonchev–Trinajstić information content (AvgIpc) is 2.47. The predicted octanol–water partition coefficient (Wildman–Crippen LogP) is 1.24. The van der Waals surface area contributed by atoms with Gasteiger partial charge in [-0.15, -0.1) is 0 Å². The van der Waals surface area contributed by atoms with Gasteiger partial charge in [0.25, 0.3) is 0 Å². The Morgan fingerprint density at radius 1 is 1.60 bits per heavy atom. The summed E-state index contributed by atoms with van der Waals surface area (Å²) in [5.41, 5.74) is 1.15. The highest BCUT2D eigenvalue weighted by atomic mass is 32.2. The summed E-state index contributed by atoms with van der Waals surface area (Å²) in [5.74, 6) is 1.77. The first-order valence-corrected chi connectivity index (χ1v) is 6.07. The molecule has 0 bridgehead atoms. The number of imide groups is 1. The fourth-order valence-corrected chi connectivity index (χ4v) is 2.08. The van der Waals surface area contributed by atoms with E-state index in [2.05, 4.69) is 11.9 Å². The highest BCUT2D eigenvalue weighted by Crippen LogP contribution is 2.08. The van der Waals surface area contributed by atoms with Crippen molar-refractivity contribution in [1.29, 1.82) is 0 Å². The molecule has 0 aromatic carbocycles.